The summed E-state index contributed by atoms with van der Waals surface area (Å²) < 4.78 is 5.45. The first kappa shape index (κ1) is 16.5. The maximum absolute atomic E-state index is 12.3. The molecule has 1 amide bonds. The van der Waals surface area contributed by atoms with Crippen LogP contribution in [0.1, 0.15) is 21.5 Å². The van der Waals surface area contributed by atoms with Crippen molar-refractivity contribution in [3.05, 3.63) is 63.1 Å². The number of carbonyl (C=O) groups excluding carboxylic acids is 1. The molecule has 1 aromatic heterocycles. The number of amides is 1. The normalized spacial score (nSPS) is 10.7. The molecule has 24 heavy (non-hydrogen) atoms. The van der Waals surface area contributed by atoms with E-state index in [0.717, 1.165) is 11.1 Å². The van der Waals surface area contributed by atoms with Gasteiger partial charge in [0, 0.05) is 21.2 Å². The van der Waals surface area contributed by atoms with Crippen molar-refractivity contribution in [1.82, 2.24) is 10.2 Å². The zero-order valence-corrected chi connectivity index (χ0v) is 14.4. The van der Waals surface area contributed by atoms with Crippen LogP contribution in [0.4, 0.5) is 6.01 Å². The monoisotopic (exact) mass is 361 g/mol. The minimum atomic E-state index is -0.322. The van der Waals surface area contributed by atoms with Gasteiger partial charge >= 0.3 is 6.01 Å². The van der Waals surface area contributed by atoms with Gasteiger partial charge in [0.2, 0.25) is 5.89 Å². The van der Waals surface area contributed by atoms with Crippen molar-refractivity contribution >= 4 is 35.1 Å². The summed E-state index contributed by atoms with van der Waals surface area (Å²) in [4.78, 5) is 12.3. The molecule has 3 aromatic rings. The van der Waals surface area contributed by atoms with Crippen LogP contribution in [0, 0.1) is 13.8 Å². The number of aryl methyl sites for hydroxylation is 2. The van der Waals surface area contributed by atoms with E-state index in [1.807, 2.05) is 19.9 Å². The average Bonchev–Trinajstić information content (AvgIpc) is 2.97. The van der Waals surface area contributed by atoms with Gasteiger partial charge in [0.25, 0.3) is 5.91 Å². The summed E-state index contributed by atoms with van der Waals surface area (Å²) in [7, 11) is 0. The lowest BCUT2D eigenvalue weighted by Crippen LogP contribution is -2.12. The fraction of sp³-hybridized carbons (Fsp3) is 0.118. The van der Waals surface area contributed by atoms with Crippen LogP contribution in [0.15, 0.2) is 40.8 Å². The summed E-state index contributed by atoms with van der Waals surface area (Å²) in [5.41, 5.74) is 3.24. The van der Waals surface area contributed by atoms with Gasteiger partial charge in [-0.15, -0.1) is 5.10 Å². The topological polar surface area (TPSA) is 68.0 Å². The van der Waals surface area contributed by atoms with Gasteiger partial charge in [-0.3, -0.25) is 10.1 Å². The van der Waals surface area contributed by atoms with E-state index in [1.54, 1.807) is 30.3 Å². The molecule has 0 saturated carbocycles. The summed E-state index contributed by atoms with van der Waals surface area (Å²) in [5, 5.41) is 11.2. The lowest BCUT2D eigenvalue weighted by molar-refractivity contribution is 0.102. The van der Waals surface area contributed by atoms with E-state index in [0.29, 0.717) is 21.2 Å². The van der Waals surface area contributed by atoms with Gasteiger partial charge in [-0.1, -0.05) is 34.4 Å². The minimum absolute atomic E-state index is 0.00401. The molecule has 0 spiro atoms. The lowest BCUT2D eigenvalue weighted by Gasteiger charge is -2.04. The van der Waals surface area contributed by atoms with Crippen molar-refractivity contribution < 1.29 is 9.21 Å². The highest BCUT2D eigenvalue weighted by atomic mass is 35.5. The Morgan fingerprint density at radius 2 is 1.71 bits per heavy atom. The predicted octanol–water partition coefficient (Wildman–Crippen LogP) is 4.91. The molecule has 7 heteroatoms. The number of carbonyl (C=O) groups is 1. The van der Waals surface area contributed by atoms with E-state index in [4.69, 9.17) is 27.6 Å². The number of aromatic nitrogens is 2. The number of hydrogen-bond acceptors (Lipinski definition) is 4. The Kier molecular flexibility index (Phi) is 4.55. The fourth-order valence-corrected chi connectivity index (χ4v) is 2.65. The van der Waals surface area contributed by atoms with Crippen LogP contribution in [-0.2, 0) is 0 Å². The number of benzene rings is 2. The fourth-order valence-electron chi connectivity index (χ4n) is 2.12. The Bertz CT molecular complexity index is 902. The van der Waals surface area contributed by atoms with Crippen LogP contribution in [-0.4, -0.2) is 16.1 Å². The molecule has 2 aromatic carbocycles. The van der Waals surface area contributed by atoms with E-state index < -0.39 is 0 Å². The Balaban J connectivity index is 1.80. The number of rotatable bonds is 3. The van der Waals surface area contributed by atoms with Gasteiger partial charge in [-0.05, 0) is 55.3 Å². The van der Waals surface area contributed by atoms with Crippen molar-refractivity contribution in [1.29, 1.82) is 0 Å². The van der Waals surface area contributed by atoms with Crippen LogP contribution in [0.2, 0.25) is 10.0 Å². The van der Waals surface area contributed by atoms with E-state index in [1.165, 1.54) is 0 Å². The minimum Gasteiger partial charge on any atom is -0.403 e. The van der Waals surface area contributed by atoms with Crippen molar-refractivity contribution in [2.45, 2.75) is 13.8 Å². The van der Waals surface area contributed by atoms with E-state index >= 15 is 0 Å². The van der Waals surface area contributed by atoms with E-state index in [-0.39, 0.29) is 17.8 Å². The number of hydrogen-bond donors (Lipinski definition) is 1. The second-order valence-corrected chi connectivity index (χ2v) is 6.20. The molecule has 0 aliphatic heterocycles. The lowest BCUT2D eigenvalue weighted by atomic mass is 10.1. The summed E-state index contributed by atoms with van der Waals surface area (Å²) in [6.07, 6.45) is 0. The quantitative estimate of drug-likeness (QED) is 0.719. The Hall–Kier alpha value is -2.37. The zero-order chi connectivity index (χ0) is 17.3. The number of nitrogens with one attached hydrogen (secondary N) is 1. The van der Waals surface area contributed by atoms with Crippen LogP contribution in [0.25, 0.3) is 11.5 Å². The van der Waals surface area contributed by atoms with Crippen LogP contribution in [0.5, 0.6) is 0 Å². The van der Waals surface area contributed by atoms with Crippen molar-refractivity contribution in [2.75, 3.05) is 5.32 Å². The molecule has 0 saturated heterocycles. The van der Waals surface area contributed by atoms with E-state index in [9.17, 15) is 4.79 Å². The SMILES string of the molecule is Cc1ccc(C(=O)Nc2nnc(-c3cc(Cl)cc(Cl)c3)o2)cc1C. The van der Waals surface area contributed by atoms with Crippen LogP contribution >= 0.6 is 23.2 Å². The Morgan fingerprint density at radius 3 is 2.38 bits per heavy atom. The number of halogens is 2. The molecule has 0 fully saturated rings. The van der Waals surface area contributed by atoms with Gasteiger partial charge in [0.05, 0.1) is 0 Å². The molecule has 1 N–H and O–H groups in total. The Morgan fingerprint density at radius 1 is 1.00 bits per heavy atom. The predicted molar refractivity (Wildman–Crippen MR) is 93.6 cm³/mol. The first-order valence-electron chi connectivity index (χ1n) is 7.11. The molecule has 0 atom stereocenters. The highest BCUT2D eigenvalue weighted by Crippen LogP contribution is 2.27. The molecular formula is C17H13Cl2N3O2. The van der Waals surface area contributed by atoms with Gasteiger partial charge in [0.15, 0.2) is 0 Å². The number of nitrogens with zero attached hydrogens (tertiary/aromatic N) is 2. The highest BCUT2D eigenvalue weighted by molar-refractivity contribution is 6.35. The van der Waals surface area contributed by atoms with Crippen LogP contribution < -0.4 is 5.32 Å². The summed E-state index contributed by atoms with van der Waals surface area (Å²) in [5.74, 6) is -0.104. The van der Waals surface area contributed by atoms with Crippen molar-refractivity contribution in [2.24, 2.45) is 0 Å². The zero-order valence-electron chi connectivity index (χ0n) is 12.9. The molecule has 0 aliphatic carbocycles. The summed E-state index contributed by atoms with van der Waals surface area (Å²) in [6.45, 7) is 3.93. The summed E-state index contributed by atoms with van der Waals surface area (Å²) in [6, 6.07) is 10.3. The molecule has 0 radical (unpaired) electrons. The molecule has 5 nitrogen and oxygen atoms in total. The maximum Gasteiger partial charge on any atom is 0.322 e. The van der Waals surface area contributed by atoms with Gasteiger partial charge in [0.1, 0.15) is 0 Å². The standard InChI is InChI=1S/C17H13Cl2N3O2/c1-9-3-4-11(5-10(9)2)15(23)20-17-22-21-16(24-17)12-6-13(18)8-14(19)7-12/h3-8H,1-2H3,(H,20,22,23). The third-order valence-electron chi connectivity index (χ3n) is 3.52. The number of anilines is 1. The molecular weight excluding hydrogens is 349 g/mol. The first-order valence-corrected chi connectivity index (χ1v) is 7.86. The average molecular weight is 362 g/mol. The molecule has 0 aliphatic rings. The smallest absolute Gasteiger partial charge is 0.322 e. The van der Waals surface area contributed by atoms with Crippen molar-refractivity contribution in [3.8, 4) is 11.5 Å². The first-order chi connectivity index (χ1) is 11.4. The Labute approximate surface area is 148 Å². The van der Waals surface area contributed by atoms with Crippen molar-refractivity contribution in [3.63, 3.8) is 0 Å². The van der Waals surface area contributed by atoms with Gasteiger partial charge < -0.3 is 4.42 Å². The third-order valence-corrected chi connectivity index (χ3v) is 3.96. The molecule has 0 bridgehead atoms. The second kappa shape index (κ2) is 6.63. The molecule has 122 valence electrons. The molecule has 3 rings (SSSR count). The molecule has 1 heterocycles. The summed E-state index contributed by atoms with van der Waals surface area (Å²) >= 11 is 11.9. The van der Waals surface area contributed by atoms with E-state index in [2.05, 4.69) is 15.5 Å². The molecule has 0 unspecified atom stereocenters. The second-order valence-electron chi connectivity index (χ2n) is 5.32. The van der Waals surface area contributed by atoms with Crippen LogP contribution in [0.3, 0.4) is 0 Å². The maximum atomic E-state index is 12.3. The largest absolute Gasteiger partial charge is 0.403 e. The highest BCUT2D eigenvalue weighted by Gasteiger charge is 2.14. The van der Waals surface area contributed by atoms with Gasteiger partial charge in [-0.25, -0.2) is 0 Å². The van der Waals surface area contributed by atoms with Gasteiger partial charge in [-0.2, -0.15) is 0 Å². The third kappa shape index (κ3) is 3.58.